The third-order valence-electron chi connectivity index (χ3n) is 1.39. The predicted molar refractivity (Wildman–Crippen MR) is 59.8 cm³/mol. The van der Waals surface area contributed by atoms with E-state index in [1.807, 2.05) is 0 Å². The Labute approximate surface area is 102 Å². The summed E-state index contributed by atoms with van der Waals surface area (Å²) in [5.74, 6) is -0.330. The van der Waals surface area contributed by atoms with Crippen LogP contribution in [0.15, 0.2) is 10.4 Å². The van der Waals surface area contributed by atoms with Gasteiger partial charge in [-0.2, -0.15) is 0 Å². The van der Waals surface area contributed by atoms with Gasteiger partial charge >= 0.3 is 102 Å². The summed E-state index contributed by atoms with van der Waals surface area (Å²) in [6.45, 7) is 4.11. The van der Waals surface area contributed by atoms with Gasteiger partial charge in [-0.15, -0.1) is 0 Å². The Kier molecular flexibility index (Phi) is 5.45. The topological polar surface area (TPSA) is 65.0 Å². The van der Waals surface area contributed by atoms with Gasteiger partial charge in [-0.25, -0.2) is 0 Å². The van der Waals surface area contributed by atoms with E-state index < -0.39 is 6.09 Å². The molecule has 88 valence electrons. The molecule has 0 aromatic carbocycles. The van der Waals surface area contributed by atoms with E-state index >= 15 is 0 Å². The monoisotopic (exact) mass is 309 g/mol. The number of amides is 1. The molecule has 0 atom stereocenters. The van der Waals surface area contributed by atoms with Crippen LogP contribution < -0.4 is 3.54 Å². The standard InChI is InChI=1S/C9H11NO4SSe/c1-3-13-7(11)6-5-15-9(16-6)10-8(12)14-4-2/h5H,3-4H2,1-2H3/b10-9-. The molecule has 0 bridgehead atoms. The molecule has 1 rings (SSSR count). The Morgan fingerprint density at radius 2 is 2.06 bits per heavy atom. The Hall–Kier alpha value is -0.911. The van der Waals surface area contributed by atoms with Gasteiger partial charge in [0.1, 0.15) is 0 Å². The van der Waals surface area contributed by atoms with Gasteiger partial charge < -0.3 is 0 Å². The van der Waals surface area contributed by atoms with Crippen LogP contribution in [0, 0.1) is 0 Å². The van der Waals surface area contributed by atoms with Crippen molar-refractivity contribution >= 4 is 37.9 Å². The molecule has 16 heavy (non-hydrogen) atoms. The summed E-state index contributed by atoms with van der Waals surface area (Å²) in [6.07, 6.45) is -0.606. The summed E-state index contributed by atoms with van der Waals surface area (Å²) in [5, 5.41) is 1.68. The first-order valence-corrected chi connectivity index (χ1v) is 7.23. The molecule has 0 N–H and O–H groups in total. The van der Waals surface area contributed by atoms with Crippen molar-refractivity contribution in [3.8, 4) is 0 Å². The minimum atomic E-state index is -0.606. The van der Waals surface area contributed by atoms with Crippen molar-refractivity contribution in [1.82, 2.24) is 0 Å². The van der Waals surface area contributed by atoms with Crippen molar-refractivity contribution < 1.29 is 19.1 Å². The zero-order valence-electron chi connectivity index (χ0n) is 8.89. The molecule has 1 heterocycles. The summed E-state index contributed by atoms with van der Waals surface area (Å²) in [6, 6.07) is 0. The fourth-order valence-corrected chi connectivity index (χ4v) is 3.97. The maximum atomic E-state index is 11.3. The van der Waals surface area contributed by atoms with Crippen LogP contribution in [0.4, 0.5) is 4.79 Å². The number of carbonyl (C=O) groups excluding carboxylic acids is 2. The third-order valence-corrected chi connectivity index (χ3v) is 5.03. The Morgan fingerprint density at radius 1 is 1.38 bits per heavy atom. The average Bonchev–Trinajstić information content (AvgIpc) is 2.67. The van der Waals surface area contributed by atoms with E-state index in [0.29, 0.717) is 21.2 Å². The first kappa shape index (κ1) is 13.2. The van der Waals surface area contributed by atoms with Gasteiger partial charge in [-0.3, -0.25) is 0 Å². The number of hydrogen-bond acceptors (Lipinski definition) is 5. The first-order chi connectivity index (χ1) is 7.67. The van der Waals surface area contributed by atoms with Crippen molar-refractivity contribution in [2.75, 3.05) is 13.2 Å². The van der Waals surface area contributed by atoms with E-state index in [1.54, 1.807) is 19.2 Å². The van der Waals surface area contributed by atoms with Crippen LogP contribution in [-0.4, -0.2) is 39.8 Å². The normalized spacial score (nSPS) is 11.2. The molecular weight excluding hydrogens is 297 g/mol. The summed E-state index contributed by atoms with van der Waals surface area (Å²) in [4.78, 5) is 26.1. The summed E-state index contributed by atoms with van der Waals surface area (Å²) in [7, 11) is 0. The molecule has 0 aliphatic carbocycles. The molecule has 1 aromatic heterocycles. The quantitative estimate of drug-likeness (QED) is 0.618. The zero-order chi connectivity index (χ0) is 12.0. The van der Waals surface area contributed by atoms with Gasteiger partial charge in [0.25, 0.3) is 0 Å². The molecule has 0 aliphatic rings. The number of nitrogens with zero attached hydrogens (tertiary/aromatic N) is 1. The van der Waals surface area contributed by atoms with Crippen LogP contribution in [-0.2, 0) is 9.47 Å². The van der Waals surface area contributed by atoms with Gasteiger partial charge in [0.15, 0.2) is 0 Å². The van der Waals surface area contributed by atoms with Crippen LogP contribution in [0.1, 0.15) is 23.1 Å². The molecule has 0 unspecified atom stereocenters. The van der Waals surface area contributed by atoms with Gasteiger partial charge in [-0.1, -0.05) is 0 Å². The Morgan fingerprint density at radius 3 is 2.69 bits per heavy atom. The zero-order valence-corrected chi connectivity index (χ0v) is 11.4. The SMILES string of the molecule is CCOC(=O)/N=c1/scc(C(=O)OCC)[se]1. The fourth-order valence-electron chi connectivity index (χ4n) is 0.818. The number of rotatable bonds is 3. The van der Waals surface area contributed by atoms with Crippen LogP contribution >= 0.6 is 11.3 Å². The first-order valence-electron chi connectivity index (χ1n) is 4.64. The molecule has 0 fully saturated rings. The van der Waals surface area contributed by atoms with E-state index in [0.717, 1.165) is 0 Å². The molecule has 0 radical (unpaired) electrons. The van der Waals surface area contributed by atoms with Crippen molar-refractivity contribution in [3.05, 3.63) is 13.4 Å². The van der Waals surface area contributed by atoms with Crippen molar-refractivity contribution in [2.45, 2.75) is 13.8 Å². The molecule has 1 aromatic rings. The average molecular weight is 308 g/mol. The minimum absolute atomic E-state index is 0.246. The number of carbonyl (C=O) groups is 2. The van der Waals surface area contributed by atoms with Crippen LogP contribution in [0.2, 0.25) is 0 Å². The predicted octanol–water partition coefficient (Wildman–Crippen LogP) is 1.04. The van der Waals surface area contributed by atoms with Crippen LogP contribution in [0.25, 0.3) is 0 Å². The van der Waals surface area contributed by atoms with E-state index in [4.69, 9.17) is 4.74 Å². The number of hydrogen-bond donors (Lipinski definition) is 0. The number of esters is 1. The molecule has 1 amide bonds. The number of ether oxygens (including phenoxy) is 2. The molecule has 0 saturated heterocycles. The molecule has 7 heteroatoms. The molecule has 0 saturated carbocycles. The van der Waals surface area contributed by atoms with Crippen LogP contribution in [0.5, 0.6) is 0 Å². The molecular formula is C9H11NO4SSe. The summed E-state index contributed by atoms with van der Waals surface area (Å²) < 4.78 is 10.7. The fraction of sp³-hybridized carbons (Fsp3) is 0.444. The molecule has 5 nitrogen and oxygen atoms in total. The second-order valence-corrected chi connectivity index (χ2v) is 6.10. The Bertz CT molecular complexity index is 437. The van der Waals surface area contributed by atoms with Crippen molar-refractivity contribution in [1.29, 1.82) is 0 Å². The van der Waals surface area contributed by atoms with E-state index in [-0.39, 0.29) is 20.5 Å². The summed E-state index contributed by atoms with van der Waals surface area (Å²) in [5.41, 5.74) is 0. The van der Waals surface area contributed by atoms with Gasteiger partial charge in [0, 0.05) is 0 Å². The summed E-state index contributed by atoms with van der Waals surface area (Å²) >= 11 is 1.03. The van der Waals surface area contributed by atoms with E-state index in [2.05, 4.69) is 9.73 Å². The van der Waals surface area contributed by atoms with E-state index in [1.165, 1.54) is 11.3 Å². The second kappa shape index (κ2) is 6.62. The van der Waals surface area contributed by atoms with Gasteiger partial charge in [0.2, 0.25) is 0 Å². The van der Waals surface area contributed by atoms with Crippen LogP contribution in [0.3, 0.4) is 0 Å². The Balaban J connectivity index is 2.78. The maximum absolute atomic E-state index is 11.3. The van der Waals surface area contributed by atoms with Gasteiger partial charge in [-0.05, 0) is 0 Å². The molecule has 0 spiro atoms. The third kappa shape index (κ3) is 3.92. The van der Waals surface area contributed by atoms with Crippen molar-refractivity contribution in [3.63, 3.8) is 0 Å². The van der Waals surface area contributed by atoms with E-state index in [9.17, 15) is 9.59 Å². The van der Waals surface area contributed by atoms with Crippen molar-refractivity contribution in [2.24, 2.45) is 4.99 Å². The second-order valence-electron chi connectivity index (χ2n) is 2.50. The van der Waals surface area contributed by atoms with Gasteiger partial charge in [0.05, 0.1) is 0 Å². The molecule has 0 aliphatic heterocycles.